The van der Waals surface area contributed by atoms with Gasteiger partial charge in [-0.25, -0.2) is 0 Å². The number of aliphatic hydroxyl groups excluding tert-OH is 1. The number of benzene rings is 1. The highest BCUT2D eigenvalue weighted by molar-refractivity contribution is 9.10. The number of carbonyl (C=O) groups excluding carboxylic acids is 2. The Labute approximate surface area is 164 Å². The molecule has 1 saturated heterocycles. The minimum Gasteiger partial charge on any atom is -0.503 e. The third-order valence-electron chi connectivity index (χ3n) is 4.88. The normalized spacial score (nSPS) is 22.7. The first kappa shape index (κ1) is 18.0. The summed E-state index contributed by atoms with van der Waals surface area (Å²) in [6, 6.07) is 9.79. The molecular weight excluding hydrogens is 414 g/mol. The molecule has 4 rings (SSSR count). The molecule has 1 N–H and O–H groups in total. The van der Waals surface area contributed by atoms with Gasteiger partial charge in [0, 0.05) is 17.6 Å². The van der Waals surface area contributed by atoms with E-state index in [0.29, 0.717) is 13.2 Å². The van der Waals surface area contributed by atoms with Crippen LogP contribution in [0.4, 0.5) is 0 Å². The van der Waals surface area contributed by atoms with Crippen LogP contribution in [0.5, 0.6) is 0 Å². The standard InChI is InChI=1S/C20H18BrNO5/c21-13-5-1-4-12(10-13)17-16(18(23)15-7-3-9-27-15)19(24)20(25)22(17)11-14-6-2-8-26-14/h1,3-5,7,9-10,14,17,24H,2,6,8,11H2/t14-,17+/m0/s1. The third kappa shape index (κ3) is 3.33. The van der Waals surface area contributed by atoms with Crippen LogP contribution in [0.3, 0.4) is 0 Å². The highest BCUT2D eigenvalue weighted by Crippen LogP contribution is 2.40. The van der Waals surface area contributed by atoms with Crippen molar-refractivity contribution in [2.45, 2.75) is 25.0 Å². The van der Waals surface area contributed by atoms with Crippen LogP contribution in [0.25, 0.3) is 0 Å². The maximum Gasteiger partial charge on any atom is 0.290 e. The van der Waals surface area contributed by atoms with Gasteiger partial charge in [-0.05, 0) is 42.7 Å². The minimum atomic E-state index is -0.697. The van der Waals surface area contributed by atoms with E-state index < -0.39 is 23.5 Å². The van der Waals surface area contributed by atoms with Gasteiger partial charge in [0.25, 0.3) is 5.91 Å². The fourth-order valence-electron chi connectivity index (χ4n) is 3.65. The van der Waals surface area contributed by atoms with Crippen LogP contribution in [0, 0.1) is 0 Å². The Bertz CT molecular complexity index is 899. The number of ether oxygens (including phenoxy) is 1. The molecular formula is C20H18BrNO5. The number of nitrogens with zero attached hydrogens (tertiary/aromatic N) is 1. The largest absolute Gasteiger partial charge is 0.503 e. The van der Waals surface area contributed by atoms with Crippen LogP contribution in [-0.4, -0.2) is 41.0 Å². The van der Waals surface area contributed by atoms with Gasteiger partial charge in [-0.1, -0.05) is 28.1 Å². The zero-order chi connectivity index (χ0) is 19.0. The van der Waals surface area contributed by atoms with Crippen molar-refractivity contribution < 1.29 is 23.8 Å². The minimum absolute atomic E-state index is 0.0334. The summed E-state index contributed by atoms with van der Waals surface area (Å²) < 4.78 is 11.7. The second-order valence-corrected chi connectivity index (χ2v) is 7.53. The van der Waals surface area contributed by atoms with Crippen LogP contribution in [-0.2, 0) is 9.53 Å². The summed E-state index contributed by atoms with van der Waals surface area (Å²) in [4.78, 5) is 27.3. The van der Waals surface area contributed by atoms with Crippen LogP contribution in [0.2, 0.25) is 0 Å². The maximum absolute atomic E-state index is 13.0. The molecule has 1 aromatic heterocycles. The Morgan fingerprint density at radius 2 is 2.15 bits per heavy atom. The van der Waals surface area contributed by atoms with Crippen molar-refractivity contribution >= 4 is 27.6 Å². The number of rotatable bonds is 5. The van der Waals surface area contributed by atoms with Gasteiger partial charge in [-0.15, -0.1) is 0 Å². The lowest BCUT2D eigenvalue weighted by Crippen LogP contribution is -2.37. The van der Waals surface area contributed by atoms with E-state index in [1.807, 2.05) is 24.3 Å². The van der Waals surface area contributed by atoms with Crippen LogP contribution < -0.4 is 0 Å². The molecule has 2 aliphatic rings. The monoisotopic (exact) mass is 431 g/mol. The van der Waals surface area contributed by atoms with E-state index in [9.17, 15) is 14.7 Å². The summed E-state index contributed by atoms with van der Waals surface area (Å²) in [6.07, 6.45) is 3.07. The van der Waals surface area contributed by atoms with Gasteiger partial charge in [-0.2, -0.15) is 0 Å². The molecule has 0 spiro atoms. The van der Waals surface area contributed by atoms with Crippen molar-refractivity contribution in [2.75, 3.05) is 13.2 Å². The summed E-state index contributed by atoms with van der Waals surface area (Å²) in [5.41, 5.74) is 0.765. The van der Waals surface area contributed by atoms with Gasteiger partial charge in [0.05, 0.1) is 24.0 Å². The molecule has 0 radical (unpaired) electrons. The zero-order valence-electron chi connectivity index (χ0n) is 14.4. The van der Waals surface area contributed by atoms with Gasteiger partial charge in [-0.3, -0.25) is 9.59 Å². The number of halogens is 1. The first-order valence-electron chi connectivity index (χ1n) is 8.75. The lowest BCUT2D eigenvalue weighted by Gasteiger charge is -2.28. The topological polar surface area (TPSA) is 80.0 Å². The molecule has 0 bridgehead atoms. The van der Waals surface area contributed by atoms with Crippen molar-refractivity contribution in [3.05, 3.63) is 69.8 Å². The number of furan rings is 1. The summed E-state index contributed by atoms with van der Waals surface area (Å²) in [7, 11) is 0. The van der Waals surface area contributed by atoms with E-state index in [1.54, 1.807) is 6.07 Å². The average molecular weight is 432 g/mol. The molecule has 2 atom stereocenters. The molecule has 7 heteroatoms. The highest BCUT2D eigenvalue weighted by Gasteiger charge is 2.45. The van der Waals surface area contributed by atoms with Gasteiger partial charge < -0.3 is 19.2 Å². The maximum atomic E-state index is 13.0. The van der Waals surface area contributed by atoms with Gasteiger partial charge in [0.15, 0.2) is 11.5 Å². The molecule has 1 fully saturated rings. The van der Waals surface area contributed by atoms with Crippen LogP contribution in [0.1, 0.15) is 35.0 Å². The second-order valence-electron chi connectivity index (χ2n) is 6.62. The smallest absolute Gasteiger partial charge is 0.290 e. The number of aliphatic hydroxyl groups is 1. The fourth-order valence-corrected chi connectivity index (χ4v) is 4.06. The lowest BCUT2D eigenvalue weighted by atomic mass is 9.95. The fraction of sp³-hybridized carbons (Fsp3) is 0.300. The summed E-state index contributed by atoms with van der Waals surface area (Å²) in [6.45, 7) is 0.973. The van der Waals surface area contributed by atoms with Crippen molar-refractivity contribution in [2.24, 2.45) is 0 Å². The average Bonchev–Trinajstić information content (AvgIpc) is 3.40. The highest BCUT2D eigenvalue weighted by atomic mass is 79.9. The van der Waals surface area contributed by atoms with Crippen molar-refractivity contribution in [3.8, 4) is 0 Å². The summed E-state index contributed by atoms with van der Waals surface area (Å²) in [5, 5.41) is 10.5. The molecule has 1 amide bonds. The molecule has 0 aliphatic carbocycles. The van der Waals surface area contributed by atoms with Gasteiger partial charge in [0.2, 0.25) is 5.78 Å². The zero-order valence-corrected chi connectivity index (χ0v) is 16.0. The first-order chi connectivity index (χ1) is 13.1. The van der Waals surface area contributed by atoms with Crippen molar-refractivity contribution in [1.82, 2.24) is 4.90 Å². The molecule has 0 unspecified atom stereocenters. The Kier molecular flexibility index (Phi) is 4.88. The Morgan fingerprint density at radius 1 is 1.30 bits per heavy atom. The number of hydrogen-bond donors (Lipinski definition) is 1. The van der Waals surface area contributed by atoms with Crippen molar-refractivity contribution in [1.29, 1.82) is 0 Å². The van der Waals surface area contributed by atoms with Gasteiger partial charge in [0.1, 0.15) is 0 Å². The van der Waals surface area contributed by atoms with E-state index in [4.69, 9.17) is 9.15 Å². The quantitative estimate of drug-likeness (QED) is 0.728. The van der Waals surface area contributed by atoms with E-state index in [0.717, 1.165) is 22.9 Å². The number of carbonyl (C=O) groups is 2. The molecule has 0 saturated carbocycles. The number of amides is 1. The molecule has 2 aromatic rings. The summed E-state index contributed by atoms with van der Waals surface area (Å²) in [5.74, 6) is -1.50. The van der Waals surface area contributed by atoms with Gasteiger partial charge >= 0.3 is 0 Å². The van der Waals surface area contributed by atoms with E-state index >= 15 is 0 Å². The summed E-state index contributed by atoms with van der Waals surface area (Å²) >= 11 is 3.43. The van der Waals surface area contributed by atoms with Crippen LogP contribution >= 0.6 is 15.9 Å². The van der Waals surface area contributed by atoms with Crippen LogP contribution in [0.15, 0.2) is 62.9 Å². The number of ketones is 1. The third-order valence-corrected chi connectivity index (χ3v) is 5.38. The molecule has 27 heavy (non-hydrogen) atoms. The molecule has 3 heterocycles. The molecule has 140 valence electrons. The van der Waals surface area contributed by atoms with E-state index in [-0.39, 0.29) is 17.4 Å². The molecule has 1 aromatic carbocycles. The number of hydrogen-bond acceptors (Lipinski definition) is 5. The Balaban J connectivity index is 1.76. The lowest BCUT2D eigenvalue weighted by molar-refractivity contribution is -0.131. The second kappa shape index (κ2) is 7.32. The molecule has 2 aliphatic heterocycles. The SMILES string of the molecule is O=C(C1=C(O)C(=O)N(C[C@@H]2CCCO2)[C@@H]1c1cccc(Br)c1)c1ccco1. The predicted octanol–water partition coefficient (Wildman–Crippen LogP) is 3.80. The van der Waals surface area contributed by atoms with Crippen molar-refractivity contribution in [3.63, 3.8) is 0 Å². The van der Waals surface area contributed by atoms with E-state index in [2.05, 4.69) is 15.9 Å². The Hall–Kier alpha value is -2.38. The number of Topliss-reactive ketones (excluding diaryl/α,β-unsaturated/α-hetero) is 1. The predicted molar refractivity (Wildman–Crippen MR) is 100 cm³/mol. The Morgan fingerprint density at radius 3 is 2.81 bits per heavy atom. The van der Waals surface area contributed by atoms with E-state index in [1.165, 1.54) is 17.2 Å². The first-order valence-corrected chi connectivity index (χ1v) is 9.55. The molecule has 6 nitrogen and oxygen atoms in total.